The van der Waals surface area contributed by atoms with Crippen molar-refractivity contribution in [2.45, 2.75) is 19.1 Å². The van der Waals surface area contributed by atoms with Gasteiger partial charge in [-0.15, -0.1) is 0 Å². The zero-order chi connectivity index (χ0) is 19.8. The van der Waals surface area contributed by atoms with Crippen LogP contribution in [-0.2, 0) is 11.3 Å². The van der Waals surface area contributed by atoms with Crippen LogP contribution < -0.4 is 0 Å². The van der Waals surface area contributed by atoms with Crippen molar-refractivity contribution in [3.05, 3.63) is 71.3 Å². The highest BCUT2D eigenvalue weighted by molar-refractivity contribution is 5.18. The van der Waals surface area contributed by atoms with Gasteiger partial charge in [0, 0.05) is 39.3 Å². The van der Waals surface area contributed by atoms with Crippen LogP contribution in [0.25, 0.3) is 0 Å². The summed E-state index contributed by atoms with van der Waals surface area (Å²) in [6.07, 6.45) is 0.0883. The summed E-state index contributed by atoms with van der Waals surface area (Å²) in [5.41, 5.74) is 1.74. The summed E-state index contributed by atoms with van der Waals surface area (Å²) in [7, 11) is 0. The van der Waals surface area contributed by atoms with Gasteiger partial charge in [0.15, 0.2) is 0 Å². The van der Waals surface area contributed by atoms with Gasteiger partial charge in [-0.3, -0.25) is 4.90 Å². The van der Waals surface area contributed by atoms with Gasteiger partial charge < -0.3 is 14.7 Å². The highest BCUT2D eigenvalue weighted by Crippen LogP contribution is 2.18. The summed E-state index contributed by atoms with van der Waals surface area (Å²) in [4.78, 5) is 4.72. The fourth-order valence-electron chi connectivity index (χ4n) is 3.36. The number of halogens is 2. The Morgan fingerprint density at radius 1 is 0.821 bits per heavy atom. The maximum atomic E-state index is 13.0. The van der Waals surface area contributed by atoms with Crippen LogP contribution in [0.4, 0.5) is 8.78 Å². The molecule has 0 aromatic heterocycles. The highest BCUT2D eigenvalue weighted by atomic mass is 19.1. The Kier molecular flexibility index (Phi) is 7.91. The van der Waals surface area contributed by atoms with E-state index in [9.17, 15) is 13.9 Å². The van der Waals surface area contributed by atoms with E-state index in [1.807, 2.05) is 0 Å². The molecule has 1 heterocycles. The lowest BCUT2D eigenvalue weighted by molar-refractivity contribution is 0.0628. The maximum absolute atomic E-state index is 13.0. The van der Waals surface area contributed by atoms with Crippen molar-refractivity contribution in [1.82, 2.24) is 9.80 Å². The average molecular weight is 390 g/mol. The Balaban J connectivity index is 1.28. The third-order valence-corrected chi connectivity index (χ3v) is 5.17. The molecule has 0 radical (unpaired) electrons. The molecule has 0 amide bonds. The lowest BCUT2D eigenvalue weighted by atomic mass is 10.1. The normalized spacial score (nSPS) is 17.0. The van der Waals surface area contributed by atoms with E-state index >= 15 is 0 Å². The summed E-state index contributed by atoms with van der Waals surface area (Å²) in [6, 6.07) is 12.4. The molecule has 1 saturated heterocycles. The molecule has 0 bridgehead atoms. The van der Waals surface area contributed by atoms with Crippen LogP contribution in [-0.4, -0.2) is 60.8 Å². The average Bonchev–Trinajstić information content (AvgIpc) is 2.72. The molecule has 2 aromatic rings. The number of piperazine rings is 1. The molecule has 0 spiro atoms. The number of rotatable bonds is 9. The predicted octanol–water partition coefficient (Wildman–Crippen LogP) is 3.22. The van der Waals surface area contributed by atoms with Crippen LogP contribution in [0.15, 0.2) is 48.5 Å². The second-order valence-electron chi connectivity index (χ2n) is 7.22. The first kappa shape index (κ1) is 20.9. The highest BCUT2D eigenvalue weighted by Gasteiger charge is 2.18. The van der Waals surface area contributed by atoms with Gasteiger partial charge in [-0.25, -0.2) is 8.78 Å². The van der Waals surface area contributed by atoms with Crippen LogP contribution in [0.1, 0.15) is 23.7 Å². The molecular formula is C22H28F2N2O2. The summed E-state index contributed by atoms with van der Waals surface area (Å²) < 4.78 is 31.5. The van der Waals surface area contributed by atoms with Crippen molar-refractivity contribution < 1.29 is 18.6 Å². The van der Waals surface area contributed by atoms with E-state index in [1.165, 1.54) is 24.3 Å². The molecule has 1 fully saturated rings. The Morgan fingerprint density at radius 2 is 1.36 bits per heavy atom. The number of aliphatic hydroxyl groups is 1. The van der Waals surface area contributed by atoms with Crippen LogP contribution in [0.5, 0.6) is 0 Å². The van der Waals surface area contributed by atoms with E-state index in [1.54, 1.807) is 24.3 Å². The molecule has 6 heteroatoms. The molecular weight excluding hydrogens is 362 g/mol. The van der Waals surface area contributed by atoms with Crippen molar-refractivity contribution in [3.8, 4) is 0 Å². The number of benzene rings is 2. The minimum atomic E-state index is -0.557. The maximum Gasteiger partial charge on any atom is 0.123 e. The van der Waals surface area contributed by atoms with Crippen molar-refractivity contribution in [2.75, 3.05) is 45.9 Å². The molecule has 1 aliphatic rings. The van der Waals surface area contributed by atoms with Crippen molar-refractivity contribution in [2.24, 2.45) is 0 Å². The van der Waals surface area contributed by atoms with Gasteiger partial charge in [-0.2, -0.15) is 0 Å². The van der Waals surface area contributed by atoms with E-state index < -0.39 is 6.10 Å². The lowest BCUT2D eigenvalue weighted by Gasteiger charge is -2.35. The van der Waals surface area contributed by atoms with E-state index in [0.29, 0.717) is 19.6 Å². The molecule has 152 valence electrons. The predicted molar refractivity (Wildman–Crippen MR) is 105 cm³/mol. The van der Waals surface area contributed by atoms with Crippen LogP contribution in [0.3, 0.4) is 0 Å². The van der Waals surface area contributed by atoms with E-state index in [-0.39, 0.29) is 11.6 Å². The van der Waals surface area contributed by atoms with Gasteiger partial charge in [-0.1, -0.05) is 24.3 Å². The monoisotopic (exact) mass is 390 g/mol. The smallest absolute Gasteiger partial charge is 0.123 e. The Labute approximate surface area is 165 Å². The van der Waals surface area contributed by atoms with Crippen LogP contribution >= 0.6 is 0 Å². The topological polar surface area (TPSA) is 35.9 Å². The number of hydrogen-bond acceptors (Lipinski definition) is 4. The minimum absolute atomic E-state index is 0.230. The summed E-state index contributed by atoms with van der Waals surface area (Å²) in [6.45, 7) is 6.75. The van der Waals surface area contributed by atoms with Gasteiger partial charge >= 0.3 is 0 Å². The van der Waals surface area contributed by atoms with E-state index in [4.69, 9.17) is 4.74 Å². The fourth-order valence-corrected chi connectivity index (χ4v) is 3.36. The van der Waals surface area contributed by atoms with Gasteiger partial charge in [0.05, 0.1) is 19.3 Å². The standard InChI is InChI=1S/C22H28F2N2O2/c23-20-5-1-18(2-6-20)17-28-16-15-26-13-11-25(12-14-26)10-9-22(27)19-3-7-21(24)8-4-19/h1-8,22,27H,9-17H2. The summed E-state index contributed by atoms with van der Waals surface area (Å²) >= 11 is 0. The molecule has 2 aromatic carbocycles. The van der Waals surface area contributed by atoms with Crippen LogP contribution in [0.2, 0.25) is 0 Å². The zero-order valence-corrected chi connectivity index (χ0v) is 16.1. The first-order valence-electron chi connectivity index (χ1n) is 9.80. The lowest BCUT2D eigenvalue weighted by Crippen LogP contribution is -2.47. The third kappa shape index (κ3) is 6.63. The van der Waals surface area contributed by atoms with Gasteiger partial charge in [0.1, 0.15) is 11.6 Å². The van der Waals surface area contributed by atoms with Gasteiger partial charge in [0.25, 0.3) is 0 Å². The Morgan fingerprint density at radius 3 is 1.96 bits per heavy atom. The molecule has 1 N–H and O–H groups in total. The van der Waals surface area contributed by atoms with E-state index in [2.05, 4.69) is 9.80 Å². The first-order valence-corrected chi connectivity index (χ1v) is 9.80. The molecule has 1 atom stereocenters. The number of ether oxygens (including phenoxy) is 1. The Hall–Kier alpha value is -1.86. The summed E-state index contributed by atoms with van der Waals surface area (Å²) in [5.74, 6) is -0.513. The van der Waals surface area contributed by atoms with Gasteiger partial charge in [0.2, 0.25) is 0 Å². The molecule has 3 rings (SSSR count). The second-order valence-corrected chi connectivity index (χ2v) is 7.22. The van der Waals surface area contributed by atoms with Crippen molar-refractivity contribution in [3.63, 3.8) is 0 Å². The number of aliphatic hydroxyl groups excluding tert-OH is 1. The molecule has 0 aliphatic carbocycles. The Bertz CT molecular complexity index is 701. The zero-order valence-electron chi connectivity index (χ0n) is 16.1. The number of hydrogen-bond donors (Lipinski definition) is 1. The van der Waals surface area contributed by atoms with E-state index in [0.717, 1.165) is 50.4 Å². The quantitative estimate of drug-likeness (QED) is 0.667. The fraction of sp³-hybridized carbons (Fsp3) is 0.455. The van der Waals surface area contributed by atoms with Crippen LogP contribution in [0, 0.1) is 11.6 Å². The third-order valence-electron chi connectivity index (χ3n) is 5.17. The molecule has 1 aliphatic heterocycles. The first-order chi connectivity index (χ1) is 13.6. The summed E-state index contributed by atoms with van der Waals surface area (Å²) in [5, 5.41) is 10.2. The molecule has 28 heavy (non-hydrogen) atoms. The molecule has 1 unspecified atom stereocenters. The van der Waals surface area contributed by atoms with Crippen molar-refractivity contribution in [1.29, 1.82) is 0 Å². The SMILES string of the molecule is OC(CCN1CCN(CCOCc2ccc(F)cc2)CC1)c1ccc(F)cc1. The van der Waals surface area contributed by atoms with Gasteiger partial charge in [-0.05, 0) is 41.8 Å². The molecule has 4 nitrogen and oxygen atoms in total. The second kappa shape index (κ2) is 10.6. The minimum Gasteiger partial charge on any atom is -0.388 e. The number of nitrogens with zero attached hydrogens (tertiary/aromatic N) is 2. The molecule has 0 saturated carbocycles. The van der Waals surface area contributed by atoms with Crippen molar-refractivity contribution >= 4 is 0 Å². The largest absolute Gasteiger partial charge is 0.388 e.